The molecule has 0 unspecified atom stereocenters. The summed E-state index contributed by atoms with van der Waals surface area (Å²) in [5.74, 6) is 0. The number of benzene rings is 4. The minimum Gasteiger partial charge on any atom is -0.282 e. The zero-order chi connectivity index (χ0) is 27.7. The van der Waals surface area contributed by atoms with E-state index in [0.29, 0.717) is 22.8 Å². The monoisotopic (exact) mass is 548 g/mol. The van der Waals surface area contributed by atoms with E-state index in [-0.39, 0.29) is 11.1 Å². The van der Waals surface area contributed by atoms with E-state index >= 15 is 0 Å². The number of alkyl halides is 6. The number of halogens is 6. The Hall–Kier alpha value is -3.89. The summed E-state index contributed by atoms with van der Waals surface area (Å²) in [5, 5.41) is 0. The third-order valence-electron chi connectivity index (χ3n) is 5.72. The average Bonchev–Trinajstić information content (AvgIpc) is 2.86. The summed E-state index contributed by atoms with van der Waals surface area (Å²) in [6, 6.07) is 21.5. The molecule has 4 aromatic carbocycles. The first-order chi connectivity index (χ1) is 17.8. The van der Waals surface area contributed by atoms with Gasteiger partial charge in [-0.3, -0.25) is 4.55 Å². The fourth-order valence-electron chi connectivity index (χ4n) is 4.06. The summed E-state index contributed by atoms with van der Waals surface area (Å²) >= 11 is 0. The molecule has 0 spiro atoms. The molecule has 0 heterocycles. The molecule has 0 amide bonds. The minimum atomic E-state index is -5.38. The van der Waals surface area contributed by atoms with Crippen molar-refractivity contribution in [2.75, 3.05) is 0 Å². The Kier molecular flexibility index (Phi) is 7.22. The Labute approximate surface area is 214 Å². The molecule has 0 saturated carbocycles. The highest BCUT2D eigenvalue weighted by Gasteiger charge is 2.39. The highest BCUT2D eigenvalue weighted by molar-refractivity contribution is 7.86. The van der Waals surface area contributed by atoms with E-state index < -0.39 is 44.1 Å². The van der Waals surface area contributed by atoms with Gasteiger partial charge in [-0.1, -0.05) is 78.9 Å². The molecule has 0 atom stereocenters. The summed E-state index contributed by atoms with van der Waals surface area (Å²) in [4.78, 5) is -1.32. The van der Waals surface area contributed by atoms with Crippen LogP contribution in [0.5, 0.6) is 0 Å². The van der Waals surface area contributed by atoms with Crippen LogP contribution in [0.25, 0.3) is 22.8 Å². The van der Waals surface area contributed by atoms with Crippen molar-refractivity contribution in [2.24, 2.45) is 0 Å². The second kappa shape index (κ2) is 10.1. The van der Waals surface area contributed by atoms with Crippen molar-refractivity contribution in [1.82, 2.24) is 0 Å². The lowest BCUT2D eigenvalue weighted by Gasteiger charge is -2.19. The molecule has 0 aliphatic heterocycles. The van der Waals surface area contributed by atoms with Gasteiger partial charge in [-0.05, 0) is 52.1 Å². The second-order valence-electron chi connectivity index (χ2n) is 8.24. The van der Waals surface area contributed by atoms with Gasteiger partial charge >= 0.3 is 12.4 Å². The molecule has 0 radical (unpaired) electrons. The first-order valence-electron chi connectivity index (χ1n) is 11.0. The predicted molar refractivity (Wildman–Crippen MR) is 132 cm³/mol. The first-order valence-corrected chi connectivity index (χ1v) is 12.4. The molecule has 0 saturated heterocycles. The van der Waals surface area contributed by atoms with Gasteiger partial charge in [-0.15, -0.1) is 0 Å². The van der Waals surface area contributed by atoms with Crippen molar-refractivity contribution in [1.29, 1.82) is 0 Å². The molecule has 4 rings (SSSR count). The largest absolute Gasteiger partial charge is 0.417 e. The smallest absolute Gasteiger partial charge is 0.282 e. The van der Waals surface area contributed by atoms with Crippen LogP contribution in [-0.2, 0) is 22.5 Å². The zero-order valence-corrected chi connectivity index (χ0v) is 20.1. The van der Waals surface area contributed by atoms with Gasteiger partial charge in [0.2, 0.25) is 0 Å². The molecular weight excluding hydrogens is 530 g/mol. The van der Waals surface area contributed by atoms with Crippen LogP contribution >= 0.6 is 0 Å². The Morgan fingerprint density at radius 2 is 1.18 bits per heavy atom. The fourth-order valence-corrected chi connectivity index (χ4v) is 5.01. The summed E-state index contributed by atoms with van der Waals surface area (Å²) in [6.45, 7) is 0. The Morgan fingerprint density at radius 1 is 0.658 bits per heavy atom. The van der Waals surface area contributed by atoms with E-state index in [1.54, 1.807) is 36.4 Å². The van der Waals surface area contributed by atoms with Crippen LogP contribution in [0.3, 0.4) is 0 Å². The van der Waals surface area contributed by atoms with E-state index in [1.807, 2.05) is 0 Å². The Bertz CT molecular complexity index is 1570. The molecule has 10 heteroatoms. The second-order valence-corrected chi connectivity index (χ2v) is 9.60. The predicted octanol–water partition coefficient (Wildman–Crippen LogP) is 8.23. The van der Waals surface area contributed by atoms with Crippen molar-refractivity contribution in [3.05, 3.63) is 125 Å². The van der Waals surface area contributed by atoms with Crippen molar-refractivity contribution in [3.63, 3.8) is 0 Å². The summed E-state index contributed by atoms with van der Waals surface area (Å²) in [5.41, 5.74) is -1.63. The van der Waals surface area contributed by atoms with Crippen molar-refractivity contribution >= 4 is 21.8 Å². The lowest BCUT2D eigenvalue weighted by atomic mass is 9.91. The molecule has 0 fully saturated rings. The maximum absolute atomic E-state index is 13.8. The molecule has 4 aromatic rings. The highest BCUT2D eigenvalue weighted by Crippen LogP contribution is 2.42. The molecule has 38 heavy (non-hydrogen) atoms. The van der Waals surface area contributed by atoms with Crippen LogP contribution in [-0.4, -0.2) is 13.0 Å². The number of rotatable bonds is 5. The molecule has 1 N–H and O–H groups in total. The van der Waals surface area contributed by atoms with Crippen molar-refractivity contribution in [2.45, 2.75) is 17.2 Å². The van der Waals surface area contributed by atoms with E-state index in [1.165, 1.54) is 42.5 Å². The van der Waals surface area contributed by atoms with E-state index in [9.17, 15) is 39.3 Å². The standard InChI is InChI=1S/C28H18F6O3S/c29-27(30,31)22-14-11-19(12-15-22)23(18-7-3-1-4-8-18)17-21-13-16-24(28(32,33)34)26(38(35,36)37)25(21)20-9-5-2-6-10-20/h1-17H,(H,35,36,37)/b23-17+. The number of hydrogen-bond acceptors (Lipinski definition) is 2. The van der Waals surface area contributed by atoms with Gasteiger partial charge in [0.05, 0.1) is 11.1 Å². The Balaban J connectivity index is 2.08. The molecule has 0 aliphatic rings. The molecule has 196 valence electrons. The van der Waals surface area contributed by atoms with Crippen molar-refractivity contribution < 1.29 is 39.3 Å². The van der Waals surface area contributed by atoms with Gasteiger partial charge in [0.25, 0.3) is 10.1 Å². The minimum absolute atomic E-state index is 0.00410. The Morgan fingerprint density at radius 3 is 1.68 bits per heavy atom. The van der Waals surface area contributed by atoms with Gasteiger partial charge in [0.1, 0.15) is 4.90 Å². The molecule has 3 nitrogen and oxygen atoms in total. The maximum Gasteiger partial charge on any atom is 0.417 e. The average molecular weight is 549 g/mol. The third-order valence-corrected chi connectivity index (χ3v) is 6.66. The first kappa shape index (κ1) is 27.2. The van der Waals surface area contributed by atoms with Gasteiger partial charge in [0.15, 0.2) is 0 Å². The van der Waals surface area contributed by atoms with Crippen LogP contribution in [0, 0.1) is 0 Å². The summed E-state index contributed by atoms with van der Waals surface area (Å²) in [7, 11) is -5.38. The highest BCUT2D eigenvalue weighted by atomic mass is 32.2. The van der Waals surface area contributed by atoms with E-state index in [0.717, 1.165) is 18.2 Å². The van der Waals surface area contributed by atoms with E-state index in [2.05, 4.69) is 0 Å². The normalized spacial score (nSPS) is 13.0. The molecular formula is C28H18F6O3S. The third kappa shape index (κ3) is 5.81. The van der Waals surface area contributed by atoms with Gasteiger partial charge in [-0.25, -0.2) is 0 Å². The van der Waals surface area contributed by atoms with Crippen LogP contribution in [0.15, 0.2) is 102 Å². The van der Waals surface area contributed by atoms with Crippen molar-refractivity contribution in [3.8, 4) is 11.1 Å². The SMILES string of the molecule is O=S(=O)(O)c1c(C(F)(F)F)ccc(/C=C(\c2ccccc2)c2ccc(C(F)(F)F)cc2)c1-c1ccccc1. The topological polar surface area (TPSA) is 54.4 Å². The van der Waals surface area contributed by atoms with E-state index in [4.69, 9.17) is 0 Å². The molecule has 0 aliphatic carbocycles. The zero-order valence-electron chi connectivity index (χ0n) is 19.3. The lowest BCUT2D eigenvalue weighted by molar-refractivity contribution is -0.140. The van der Waals surface area contributed by atoms with Crippen LogP contribution in [0.1, 0.15) is 27.8 Å². The number of hydrogen-bond donors (Lipinski definition) is 1. The quantitative estimate of drug-likeness (QED) is 0.155. The summed E-state index contributed by atoms with van der Waals surface area (Å²) < 4.78 is 116. The van der Waals surface area contributed by atoms with Gasteiger partial charge < -0.3 is 0 Å². The maximum atomic E-state index is 13.8. The summed E-state index contributed by atoms with van der Waals surface area (Å²) in [6.07, 6.45) is -8.30. The van der Waals surface area contributed by atoms with Gasteiger partial charge in [-0.2, -0.15) is 34.8 Å². The molecule has 0 bridgehead atoms. The fraction of sp³-hybridized carbons (Fsp3) is 0.0714. The molecule has 0 aromatic heterocycles. The lowest BCUT2D eigenvalue weighted by Crippen LogP contribution is -2.15. The van der Waals surface area contributed by atoms with Gasteiger partial charge in [0, 0.05) is 5.56 Å². The van der Waals surface area contributed by atoms with Crippen LogP contribution < -0.4 is 0 Å². The van der Waals surface area contributed by atoms with Crippen LogP contribution in [0.2, 0.25) is 0 Å². The van der Waals surface area contributed by atoms with Crippen LogP contribution in [0.4, 0.5) is 26.3 Å².